The lowest BCUT2D eigenvalue weighted by atomic mass is 10.1. The number of aryl methyl sites for hydroxylation is 2. The summed E-state index contributed by atoms with van der Waals surface area (Å²) in [6, 6.07) is 17.8. The number of fused-ring (bicyclic) bond motifs is 3. The van der Waals surface area contributed by atoms with Crippen LogP contribution in [0.25, 0.3) is 34.0 Å². The summed E-state index contributed by atoms with van der Waals surface area (Å²) in [7, 11) is 0. The fraction of sp³-hybridized carbons (Fsp3) is 0.143. The van der Waals surface area contributed by atoms with Crippen LogP contribution >= 0.6 is 11.3 Å². The van der Waals surface area contributed by atoms with E-state index in [1.54, 1.807) is 11.3 Å². The van der Waals surface area contributed by atoms with Crippen molar-refractivity contribution in [3.05, 3.63) is 69.9 Å². The largest absolute Gasteiger partial charge is 0.341 e. The first-order chi connectivity index (χ1) is 11.3. The molecule has 0 aliphatic rings. The lowest BCUT2D eigenvalue weighted by Crippen LogP contribution is -1.93. The molecule has 0 aliphatic carbocycles. The highest BCUT2D eigenvalue weighted by Crippen LogP contribution is 2.30. The van der Waals surface area contributed by atoms with Crippen LogP contribution in [0.3, 0.4) is 0 Å². The van der Waals surface area contributed by atoms with Crippen LogP contribution in [0.2, 0.25) is 0 Å². The lowest BCUT2D eigenvalue weighted by molar-refractivity contribution is 0.827. The maximum atomic E-state index is 2.42. The summed E-state index contributed by atoms with van der Waals surface area (Å²) in [6.45, 7) is 5.36. The maximum absolute atomic E-state index is 2.42. The number of hydrogen-bond acceptors (Lipinski definition) is 1. The topological polar surface area (TPSA) is 4.93 Å². The fourth-order valence-electron chi connectivity index (χ4n) is 3.23. The van der Waals surface area contributed by atoms with Gasteiger partial charge in [0.25, 0.3) is 0 Å². The number of hydrogen-bond donors (Lipinski definition) is 0. The molecule has 0 unspecified atom stereocenters. The van der Waals surface area contributed by atoms with Gasteiger partial charge in [-0.15, -0.1) is 11.3 Å². The Morgan fingerprint density at radius 2 is 1.74 bits per heavy atom. The molecule has 2 heterocycles. The van der Waals surface area contributed by atoms with Gasteiger partial charge in [0, 0.05) is 33.2 Å². The third kappa shape index (κ3) is 2.49. The first-order valence-electron chi connectivity index (χ1n) is 8.00. The average molecular weight is 317 g/mol. The number of nitrogens with zero attached hydrogens (tertiary/aromatic N) is 1. The van der Waals surface area contributed by atoms with E-state index >= 15 is 0 Å². The van der Waals surface area contributed by atoms with Crippen LogP contribution < -0.4 is 0 Å². The van der Waals surface area contributed by atoms with Crippen LogP contribution in [-0.2, 0) is 6.54 Å². The molecule has 2 aromatic heterocycles. The van der Waals surface area contributed by atoms with Crippen molar-refractivity contribution >= 4 is 45.3 Å². The monoisotopic (exact) mass is 317 g/mol. The van der Waals surface area contributed by atoms with Gasteiger partial charge in [-0.05, 0) is 54.6 Å². The van der Waals surface area contributed by atoms with Gasteiger partial charge < -0.3 is 4.57 Å². The summed E-state index contributed by atoms with van der Waals surface area (Å²) in [6.07, 6.45) is 4.39. The standard InChI is InChI=1S/C21H19NS/c1-3-22-20-13-15(2)6-10-18(20)19-11-8-16(14-21(19)22)7-9-17-5-4-12-23-17/h4-14H,3H2,1-2H3/b9-7+. The van der Waals surface area contributed by atoms with E-state index in [4.69, 9.17) is 0 Å². The number of aromatic nitrogens is 1. The minimum atomic E-state index is 0.988. The van der Waals surface area contributed by atoms with Crippen molar-refractivity contribution in [1.29, 1.82) is 0 Å². The molecule has 4 rings (SSSR count). The molecule has 0 atom stereocenters. The zero-order valence-electron chi connectivity index (χ0n) is 13.4. The summed E-state index contributed by atoms with van der Waals surface area (Å²) in [5.41, 5.74) is 5.22. The van der Waals surface area contributed by atoms with E-state index in [-0.39, 0.29) is 0 Å². The van der Waals surface area contributed by atoms with E-state index in [0.29, 0.717) is 0 Å². The van der Waals surface area contributed by atoms with Crippen LogP contribution in [0.5, 0.6) is 0 Å². The molecule has 0 amide bonds. The highest BCUT2D eigenvalue weighted by atomic mass is 32.1. The predicted molar refractivity (Wildman–Crippen MR) is 103 cm³/mol. The molecule has 114 valence electrons. The first kappa shape index (κ1) is 14.3. The van der Waals surface area contributed by atoms with E-state index in [1.165, 1.54) is 37.8 Å². The Kier molecular flexibility index (Phi) is 3.55. The van der Waals surface area contributed by atoms with E-state index in [9.17, 15) is 0 Å². The Balaban J connectivity index is 1.89. The van der Waals surface area contributed by atoms with Crippen LogP contribution in [-0.4, -0.2) is 4.57 Å². The summed E-state index contributed by atoms with van der Waals surface area (Å²) in [4.78, 5) is 1.29. The molecule has 0 aliphatic heterocycles. The van der Waals surface area contributed by atoms with Gasteiger partial charge in [-0.3, -0.25) is 0 Å². The van der Waals surface area contributed by atoms with Crippen LogP contribution in [0, 0.1) is 6.92 Å². The smallest absolute Gasteiger partial charge is 0.0497 e. The fourth-order valence-corrected chi connectivity index (χ4v) is 3.85. The third-order valence-electron chi connectivity index (χ3n) is 4.35. The Morgan fingerprint density at radius 3 is 2.48 bits per heavy atom. The molecule has 0 fully saturated rings. The van der Waals surface area contributed by atoms with Gasteiger partial charge in [0.2, 0.25) is 0 Å². The minimum Gasteiger partial charge on any atom is -0.341 e. The average Bonchev–Trinajstić information content (AvgIpc) is 3.17. The Labute approximate surface area is 140 Å². The van der Waals surface area contributed by atoms with Gasteiger partial charge in [-0.2, -0.15) is 0 Å². The van der Waals surface area contributed by atoms with Crippen molar-refractivity contribution in [3.8, 4) is 0 Å². The van der Waals surface area contributed by atoms with Crippen LogP contribution in [0.1, 0.15) is 22.9 Å². The highest BCUT2D eigenvalue weighted by Gasteiger charge is 2.09. The quantitative estimate of drug-likeness (QED) is 0.414. The normalized spacial score (nSPS) is 11.9. The molecule has 0 bridgehead atoms. The van der Waals surface area contributed by atoms with Crippen molar-refractivity contribution < 1.29 is 0 Å². The summed E-state index contributed by atoms with van der Waals surface area (Å²) in [5, 5.41) is 4.80. The summed E-state index contributed by atoms with van der Waals surface area (Å²) in [5.74, 6) is 0. The first-order valence-corrected chi connectivity index (χ1v) is 8.88. The van der Waals surface area contributed by atoms with Crippen LogP contribution in [0.4, 0.5) is 0 Å². The molecule has 0 spiro atoms. The van der Waals surface area contributed by atoms with Crippen molar-refractivity contribution in [1.82, 2.24) is 4.57 Å². The molecule has 23 heavy (non-hydrogen) atoms. The molecule has 0 radical (unpaired) electrons. The number of benzene rings is 2. The molecular formula is C21H19NS. The van der Waals surface area contributed by atoms with Gasteiger partial charge in [-0.1, -0.05) is 36.4 Å². The zero-order chi connectivity index (χ0) is 15.8. The molecule has 2 aromatic carbocycles. The van der Waals surface area contributed by atoms with Crippen molar-refractivity contribution in [2.75, 3.05) is 0 Å². The highest BCUT2D eigenvalue weighted by molar-refractivity contribution is 7.10. The molecule has 0 saturated heterocycles. The number of thiophene rings is 1. The molecular weight excluding hydrogens is 298 g/mol. The second kappa shape index (κ2) is 5.71. The molecule has 4 aromatic rings. The molecule has 0 saturated carbocycles. The lowest BCUT2D eigenvalue weighted by Gasteiger charge is -2.04. The van der Waals surface area contributed by atoms with E-state index in [1.807, 2.05) is 0 Å². The summed E-state index contributed by atoms with van der Waals surface area (Å²) >= 11 is 1.77. The van der Waals surface area contributed by atoms with E-state index in [2.05, 4.69) is 84.5 Å². The van der Waals surface area contributed by atoms with E-state index < -0.39 is 0 Å². The SMILES string of the molecule is CCn1c2cc(C)ccc2c2ccc(/C=C/c3cccs3)cc21. The van der Waals surface area contributed by atoms with Gasteiger partial charge in [0.15, 0.2) is 0 Å². The molecule has 0 N–H and O–H groups in total. The van der Waals surface area contributed by atoms with Gasteiger partial charge >= 0.3 is 0 Å². The second-order valence-corrected chi connectivity index (χ2v) is 6.87. The molecule has 1 nitrogen and oxygen atoms in total. The number of rotatable bonds is 3. The Morgan fingerprint density at radius 1 is 0.957 bits per heavy atom. The Bertz CT molecular complexity index is 1000. The predicted octanol–water partition coefficient (Wildman–Crippen LogP) is 6.35. The summed E-state index contributed by atoms with van der Waals surface area (Å²) < 4.78 is 2.42. The Hall–Kier alpha value is -2.32. The van der Waals surface area contributed by atoms with Crippen molar-refractivity contribution in [2.45, 2.75) is 20.4 Å². The van der Waals surface area contributed by atoms with E-state index in [0.717, 1.165) is 6.54 Å². The van der Waals surface area contributed by atoms with Crippen molar-refractivity contribution in [2.24, 2.45) is 0 Å². The maximum Gasteiger partial charge on any atom is 0.0497 e. The van der Waals surface area contributed by atoms with Gasteiger partial charge in [0.05, 0.1) is 0 Å². The van der Waals surface area contributed by atoms with Gasteiger partial charge in [0.1, 0.15) is 0 Å². The zero-order valence-corrected chi connectivity index (χ0v) is 14.2. The third-order valence-corrected chi connectivity index (χ3v) is 5.18. The minimum absolute atomic E-state index is 0.988. The van der Waals surface area contributed by atoms with Crippen molar-refractivity contribution in [3.63, 3.8) is 0 Å². The van der Waals surface area contributed by atoms with Crippen LogP contribution in [0.15, 0.2) is 53.9 Å². The van der Waals surface area contributed by atoms with Gasteiger partial charge in [-0.25, -0.2) is 0 Å². The second-order valence-electron chi connectivity index (χ2n) is 5.89. The molecule has 2 heteroatoms.